The van der Waals surface area contributed by atoms with Crippen molar-refractivity contribution in [2.45, 2.75) is 76.0 Å². The molecule has 1 nitrogen and oxygen atoms in total. The van der Waals surface area contributed by atoms with Crippen LogP contribution in [0.25, 0.3) is 0 Å². The van der Waals surface area contributed by atoms with Crippen LogP contribution < -0.4 is 15.9 Å². The molecular weight excluding hydrogens is 369 g/mol. The van der Waals surface area contributed by atoms with Crippen LogP contribution in [0.3, 0.4) is 0 Å². The van der Waals surface area contributed by atoms with E-state index >= 15 is 0 Å². The molecule has 154 valence electrons. The molecule has 2 atom stereocenters. The largest absolute Gasteiger partial charge is 0.309 e. The van der Waals surface area contributed by atoms with E-state index in [9.17, 15) is 0 Å². The first kappa shape index (κ1) is 19.8. The summed E-state index contributed by atoms with van der Waals surface area (Å²) in [5, 5.41) is 7.26. The van der Waals surface area contributed by atoms with E-state index in [1.165, 1.54) is 55.6 Å². The lowest BCUT2D eigenvalue weighted by Gasteiger charge is -2.58. The molecule has 2 aromatic carbocycles. The maximum atomic E-state index is 4.22. The monoisotopic (exact) mass is 405 g/mol. The zero-order valence-electron chi connectivity index (χ0n) is 18.1. The van der Waals surface area contributed by atoms with Crippen LogP contribution >= 0.6 is 7.92 Å². The van der Waals surface area contributed by atoms with Gasteiger partial charge in [0.25, 0.3) is 0 Å². The third-order valence-electron chi connectivity index (χ3n) is 7.79. The summed E-state index contributed by atoms with van der Waals surface area (Å²) >= 11 is 0. The Hall–Kier alpha value is -1.17. The van der Waals surface area contributed by atoms with Gasteiger partial charge < -0.3 is 5.32 Å². The van der Waals surface area contributed by atoms with E-state index in [2.05, 4.69) is 79.8 Å². The standard InChI is InChI=1S/C27H36NP/c1-20(28-27-17-22-14-23(18-27)16-24(15-22)19-27)13-21(2)29(25-9-5-3-6-10-25)26-11-7-4-8-12-26/h3-12,20-24,28H,13-19H2,1-2H3/t20-,21-,22?,23?,24?,27?/m0/s1. The second-order valence-electron chi connectivity index (χ2n) is 10.4. The fraction of sp³-hybridized carbons (Fsp3) is 0.556. The zero-order valence-corrected chi connectivity index (χ0v) is 19.0. The van der Waals surface area contributed by atoms with Gasteiger partial charge in [0.1, 0.15) is 0 Å². The normalized spacial score (nSPS) is 32.4. The average Bonchev–Trinajstić information content (AvgIpc) is 2.68. The molecule has 2 heteroatoms. The van der Waals surface area contributed by atoms with Gasteiger partial charge in [0.15, 0.2) is 0 Å². The molecule has 4 fully saturated rings. The van der Waals surface area contributed by atoms with Crippen LogP contribution in [-0.2, 0) is 0 Å². The lowest BCUT2D eigenvalue weighted by molar-refractivity contribution is -0.0246. The lowest BCUT2D eigenvalue weighted by atomic mass is 9.53. The molecule has 4 aliphatic rings. The van der Waals surface area contributed by atoms with Crippen LogP contribution in [-0.4, -0.2) is 17.2 Å². The lowest BCUT2D eigenvalue weighted by Crippen LogP contribution is -2.60. The molecule has 0 aliphatic heterocycles. The molecule has 6 rings (SSSR count). The summed E-state index contributed by atoms with van der Waals surface area (Å²) in [5.74, 6) is 3.05. The number of benzene rings is 2. The first-order valence-electron chi connectivity index (χ1n) is 11.8. The number of nitrogens with one attached hydrogen (secondary N) is 1. The van der Waals surface area contributed by atoms with Gasteiger partial charge in [-0.15, -0.1) is 0 Å². The Kier molecular flexibility index (Phi) is 5.57. The Balaban J connectivity index is 1.31. The van der Waals surface area contributed by atoms with E-state index < -0.39 is 0 Å². The summed E-state index contributed by atoms with van der Waals surface area (Å²) in [4.78, 5) is 0. The van der Waals surface area contributed by atoms with Gasteiger partial charge >= 0.3 is 0 Å². The SMILES string of the molecule is C[C@@H](C[C@H](C)P(c1ccccc1)c1ccccc1)NC12CC3CC(CC(C3)C1)C2. The maximum absolute atomic E-state index is 4.22. The third-order valence-corrected chi connectivity index (χ3v) is 10.6. The molecule has 0 amide bonds. The Bertz CT molecular complexity index is 727. The van der Waals surface area contributed by atoms with E-state index in [4.69, 9.17) is 0 Å². The molecule has 0 heterocycles. The summed E-state index contributed by atoms with van der Waals surface area (Å²) in [7, 11) is -0.323. The van der Waals surface area contributed by atoms with Crippen LogP contribution in [0.15, 0.2) is 60.7 Å². The van der Waals surface area contributed by atoms with Gasteiger partial charge in [-0.2, -0.15) is 0 Å². The van der Waals surface area contributed by atoms with Crippen LogP contribution in [0.1, 0.15) is 58.8 Å². The minimum atomic E-state index is -0.323. The van der Waals surface area contributed by atoms with E-state index in [-0.39, 0.29) is 7.92 Å². The minimum absolute atomic E-state index is 0.323. The van der Waals surface area contributed by atoms with E-state index in [1.807, 2.05) is 0 Å². The van der Waals surface area contributed by atoms with Crippen molar-refractivity contribution in [2.24, 2.45) is 17.8 Å². The van der Waals surface area contributed by atoms with Crippen molar-refractivity contribution >= 4 is 18.5 Å². The minimum Gasteiger partial charge on any atom is -0.309 e. The Morgan fingerprint density at radius 3 is 1.69 bits per heavy atom. The highest BCUT2D eigenvalue weighted by Gasteiger charge is 2.51. The van der Waals surface area contributed by atoms with Gasteiger partial charge in [0.2, 0.25) is 0 Å². The Morgan fingerprint density at radius 2 is 1.24 bits per heavy atom. The summed E-state index contributed by atoms with van der Waals surface area (Å²) in [6.07, 6.45) is 10.2. The van der Waals surface area contributed by atoms with E-state index in [1.54, 1.807) is 0 Å². The van der Waals surface area contributed by atoms with Crippen LogP contribution in [0.5, 0.6) is 0 Å². The van der Waals surface area contributed by atoms with Crippen molar-refractivity contribution in [3.8, 4) is 0 Å². The first-order chi connectivity index (χ1) is 14.1. The molecule has 0 spiro atoms. The molecule has 0 radical (unpaired) electrons. The van der Waals surface area contributed by atoms with E-state index in [0.29, 0.717) is 17.2 Å². The van der Waals surface area contributed by atoms with Crippen LogP contribution in [0.4, 0.5) is 0 Å². The highest BCUT2D eigenvalue weighted by atomic mass is 31.1. The summed E-state index contributed by atoms with van der Waals surface area (Å²) in [5.41, 5.74) is 1.14. The predicted molar refractivity (Wildman–Crippen MR) is 127 cm³/mol. The van der Waals surface area contributed by atoms with Gasteiger partial charge in [0.05, 0.1) is 0 Å². The fourth-order valence-electron chi connectivity index (χ4n) is 7.32. The quantitative estimate of drug-likeness (QED) is 0.570. The second kappa shape index (κ2) is 8.16. The van der Waals surface area contributed by atoms with Crippen LogP contribution in [0, 0.1) is 17.8 Å². The van der Waals surface area contributed by atoms with Crippen molar-refractivity contribution in [1.82, 2.24) is 5.32 Å². The number of rotatable bonds is 7. The number of hydrogen-bond acceptors (Lipinski definition) is 1. The molecular formula is C27H36NP. The van der Waals surface area contributed by atoms with Crippen molar-refractivity contribution in [3.05, 3.63) is 60.7 Å². The predicted octanol–water partition coefficient (Wildman–Crippen LogP) is 5.84. The molecule has 0 saturated heterocycles. The van der Waals surface area contributed by atoms with Crippen LogP contribution in [0.2, 0.25) is 0 Å². The summed E-state index contributed by atoms with van der Waals surface area (Å²) in [6, 6.07) is 23.1. The third kappa shape index (κ3) is 4.19. The topological polar surface area (TPSA) is 12.0 Å². The summed E-state index contributed by atoms with van der Waals surface area (Å²) in [6.45, 7) is 4.95. The molecule has 4 aliphatic carbocycles. The van der Waals surface area contributed by atoms with Gasteiger partial charge in [-0.05, 0) is 93.8 Å². The maximum Gasteiger partial charge on any atom is 0.0191 e. The second-order valence-corrected chi connectivity index (χ2v) is 13.0. The Morgan fingerprint density at radius 1 is 0.793 bits per heavy atom. The molecule has 1 N–H and O–H groups in total. The van der Waals surface area contributed by atoms with Gasteiger partial charge in [-0.25, -0.2) is 0 Å². The molecule has 2 aromatic rings. The highest BCUT2D eigenvalue weighted by Crippen LogP contribution is 2.56. The average molecular weight is 406 g/mol. The summed E-state index contributed by atoms with van der Waals surface area (Å²) < 4.78 is 0. The first-order valence-corrected chi connectivity index (χ1v) is 13.2. The number of hydrogen-bond donors (Lipinski definition) is 1. The molecule has 0 unspecified atom stereocenters. The fourth-order valence-corrected chi connectivity index (χ4v) is 10.2. The van der Waals surface area contributed by atoms with Crippen molar-refractivity contribution < 1.29 is 0 Å². The van der Waals surface area contributed by atoms with Gasteiger partial charge in [-0.1, -0.05) is 67.6 Å². The molecule has 0 aromatic heterocycles. The molecule has 29 heavy (non-hydrogen) atoms. The van der Waals surface area contributed by atoms with Gasteiger partial charge in [0, 0.05) is 11.6 Å². The van der Waals surface area contributed by atoms with Crippen molar-refractivity contribution in [3.63, 3.8) is 0 Å². The highest BCUT2D eigenvalue weighted by molar-refractivity contribution is 7.73. The van der Waals surface area contributed by atoms with E-state index in [0.717, 1.165) is 17.8 Å². The zero-order chi connectivity index (χ0) is 19.8. The van der Waals surface area contributed by atoms with Crippen molar-refractivity contribution in [1.29, 1.82) is 0 Å². The Labute approximate surface area is 178 Å². The smallest absolute Gasteiger partial charge is 0.0191 e. The molecule has 4 bridgehead atoms. The van der Waals surface area contributed by atoms with Crippen molar-refractivity contribution in [2.75, 3.05) is 0 Å². The molecule has 4 saturated carbocycles. The van der Waals surface area contributed by atoms with Gasteiger partial charge in [-0.3, -0.25) is 0 Å².